The molecule has 1 aromatic carbocycles. The van der Waals surface area contributed by atoms with Crippen LogP contribution in [0.4, 0.5) is 8.78 Å². The van der Waals surface area contributed by atoms with E-state index in [0.717, 1.165) is 26.2 Å². The molecule has 1 aliphatic carbocycles. The summed E-state index contributed by atoms with van der Waals surface area (Å²) in [6, 6.07) is 5.97. The number of benzene rings is 1. The maximum absolute atomic E-state index is 12.2. The Morgan fingerprint density at radius 1 is 1.21 bits per heavy atom. The first-order valence-corrected chi connectivity index (χ1v) is 9.81. The van der Waals surface area contributed by atoms with Gasteiger partial charge in [0.1, 0.15) is 5.75 Å². The number of halogens is 3. The fraction of sp³-hybridized carbons (Fsp3) is 0.650. The quantitative estimate of drug-likeness (QED) is 0.167. The fourth-order valence-electron chi connectivity index (χ4n) is 2.87. The highest BCUT2D eigenvalue weighted by Crippen LogP contribution is 2.49. The molecule has 1 unspecified atom stereocenters. The van der Waals surface area contributed by atoms with E-state index in [4.69, 9.17) is 4.74 Å². The van der Waals surface area contributed by atoms with Crippen molar-refractivity contribution in [2.24, 2.45) is 10.4 Å². The van der Waals surface area contributed by atoms with Crippen molar-refractivity contribution >= 4 is 29.9 Å². The Kier molecular flexibility index (Phi) is 11.7. The van der Waals surface area contributed by atoms with Crippen molar-refractivity contribution in [3.05, 3.63) is 29.8 Å². The summed E-state index contributed by atoms with van der Waals surface area (Å²) in [6.45, 7) is 4.31. The van der Waals surface area contributed by atoms with Gasteiger partial charge in [0, 0.05) is 32.8 Å². The van der Waals surface area contributed by atoms with E-state index in [1.54, 1.807) is 12.1 Å². The summed E-state index contributed by atoms with van der Waals surface area (Å²) in [5.41, 5.74) is 0.858. The molecule has 1 aliphatic rings. The molecule has 1 fully saturated rings. The molecule has 9 heteroatoms. The van der Waals surface area contributed by atoms with Crippen molar-refractivity contribution < 1.29 is 23.4 Å². The lowest BCUT2D eigenvalue weighted by atomic mass is 10.0. The van der Waals surface area contributed by atoms with Gasteiger partial charge in [-0.1, -0.05) is 12.1 Å². The van der Waals surface area contributed by atoms with Gasteiger partial charge in [-0.2, -0.15) is 8.78 Å². The predicted octanol–water partition coefficient (Wildman–Crippen LogP) is 3.70. The van der Waals surface area contributed by atoms with E-state index in [-0.39, 0.29) is 41.7 Å². The van der Waals surface area contributed by atoms with Gasteiger partial charge in [-0.05, 0) is 56.2 Å². The molecule has 0 heterocycles. The average Bonchev–Trinajstić information content (AvgIpc) is 3.44. The van der Waals surface area contributed by atoms with Crippen LogP contribution in [0.25, 0.3) is 0 Å². The Labute approximate surface area is 188 Å². The molecular weight excluding hydrogens is 495 g/mol. The summed E-state index contributed by atoms with van der Waals surface area (Å²) in [5, 5.41) is 16.7. The number of nitrogens with zero attached hydrogens (tertiary/aromatic N) is 1. The predicted molar refractivity (Wildman–Crippen MR) is 120 cm³/mol. The number of hydrogen-bond acceptors (Lipinski definition) is 4. The minimum Gasteiger partial charge on any atom is -0.435 e. The van der Waals surface area contributed by atoms with E-state index in [1.807, 2.05) is 13.8 Å². The van der Waals surface area contributed by atoms with Crippen LogP contribution in [-0.4, -0.2) is 50.5 Å². The molecule has 0 aromatic heterocycles. The van der Waals surface area contributed by atoms with Gasteiger partial charge in [0.25, 0.3) is 0 Å². The van der Waals surface area contributed by atoms with Crippen LogP contribution in [0.3, 0.4) is 0 Å². The van der Waals surface area contributed by atoms with E-state index in [1.165, 1.54) is 25.0 Å². The summed E-state index contributed by atoms with van der Waals surface area (Å²) >= 11 is 0. The zero-order valence-corrected chi connectivity index (χ0v) is 19.3. The third-order valence-electron chi connectivity index (χ3n) is 4.81. The van der Waals surface area contributed by atoms with Crippen LogP contribution in [0.1, 0.15) is 44.8 Å². The summed E-state index contributed by atoms with van der Waals surface area (Å²) in [5.74, 6) is 0.720. The van der Waals surface area contributed by atoms with E-state index in [9.17, 15) is 13.9 Å². The molecule has 0 spiro atoms. The van der Waals surface area contributed by atoms with Crippen molar-refractivity contribution in [3.63, 3.8) is 0 Å². The minimum atomic E-state index is -2.86. The van der Waals surface area contributed by atoms with Crippen LogP contribution in [0, 0.1) is 5.41 Å². The Bertz CT molecular complexity index is 613. The van der Waals surface area contributed by atoms with E-state index in [2.05, 4.69) is 20.4 Å². The Balaban J connectivity index is 0.00000420. The van der Waals surface area contributed by atoms with E-state index in [0.29, 0.717) is 18.1 Å². The van der Waals surface area contributed by atoms with Crippen molar-refractivity contribution in [3.8, 4) is 5.75 Å². The molecule has 0 aliphatic heterocycles. The summed E-state index contributed by atoms with van der Waals surface area (Å²) < 4.78 is 34.2. The van der Waals surface area contributed by atoms with E-state index < -0.39 is 12.7 Å². The third kappa shape index (κ3) is 9.43. The second-order valence-corrected chi connectivity index (χ2v) is 6.99. The zero-order valence-electron chi connectivity index (χ0n) is 17.0. The van der Waals surface area contributed by atoms with Gasteiger partial charge in [-0.3, -0.25) is 4.99 Å². The van der Waals surface area contributed by atoms with Gasteiger partial charge in [0.2, 0.25) is 0 Å². The first-order valence-electron chi connectivity index (χ1n) is 9.81. The lowest BCUT2D eigenvalue weighted by Crippen LogP contribution is -2.39. The maximum Gasteiger partial charge on any atom is 0.387 e. The number of aliphatic hydroxyl groups is 1. The molecule has 29 heavy (non-hydrogen) atoms. The number of alkyl halides is 2. The van der Waals surface area contributed by atoms with Gasteiger partial charge in [0.15, 0.2) is 5.96 Å². The Morgan fingerprint density at radius 2 is 1.90 bits per heavy atom. The van der Waals surface area contributed by atoms with Crippen LogP contribution in [0.2, 0.25) is 0 Å². The second kappa shape index (κ2) is 13.2. The highest BCUT2D eigenvalue weighted by Gasteiger charge is 2.41. The smallest absolute Gasteiger partial charge is 0.387 e. The number of aliphatic imine (C=N–C) groups is 1. The zero-order chi connectivity index (χ0) is 20.4. The highest BCUT2D eigenvalue weighted by molar-refractivity contribution is 14.0. The van der Waals surface area contributed by atoms with Crippen LogP contribution in [0.15, 0.2) is 29.3 Å². The Hall–Kier alpha value is -1.20. The van der Waals surface area contributed by atoms with Crippen LogP contribution >= 0.6 is 24.0 Å². The van der Waals surface area contributed by atoms with Crippen molar-refractivity contribution in [1.29, 1.82) is 0 Å². The van der Waals surface area contributed by atoms with Crippen molar-refractivity contribution in [2.75, 3.05) is 32.8 Å². The molecule has 0 bridgehead atoms. The lowest BCUT2D eigenvalue weighted by molar-refractivity contribution is -0.0498. The van der Waals surface area contributed by atoms with Gasteiger partial charge >= 0.3 is 6.61 Å². The van der Waals surface area contributed by atoms with Crippen LogP contribution in [0.5, 0.6) is 5.75 Å². The van der Waals surface area contributed by atoms with Gasteiger partial charge < -0.3 is 25.2 Å². The molecule has 0 saturated heterocycles. The summed E-state index contributed by atoms with van der Waals surface area (Å²) in [4.78, 5) is 4.66. The molecule has 166 valence electrons. The summed E-state index contributed by atoms with van der Waals surface area (Å²) in [7, 11) is 0. The SMILES string of the molecule is CCNC(=NCC1(CCOCC)CC1)NCC(O)c1ccc(OC(F)F)cc1.I. The van der Waals surface area contributed by atoms with Crippen LogP contribution < -0.4 is 15.4 Å². The normalized spacial score (nSPS) is 16.1. The number of hydrogen-bond donors (Lipinski definition) is 3. The number of ether oxygens (including phenoxy) is 2. The molecule has 1 aromatic rings. The van der Waals surface area contributed by atoms with Crippen molar-refractivity contribution in [2.45, 2.75) is 45.8 Å². The molecular formula is C20H32F2IN3O3. The fourth-order valence-corrected chi connectivity index (χ4v) is 2.87. The molecule has 0 radical (unpaired) electrons. The number of rotatable bonds is 12. The summed E-state index contributed by atoms with van der Waals surface area (Å²) in [6.07, 6.45) is 2.55. The first-order chi connectivity index (χ1) is 13.5. The third-order valence-corrected chi connectivity index (χ3v) is 4.81. The Morgan fingerprint density at radius 3 is 2.45 bits per heavy atom. The maximum atomic E-state index is 12.2. The lowest BCUT2D eigenvalue weighted by Gasteiger charge is -2.17. The number of nitrogens with one attached hydrogen (secondary N) is 2. The first kappa shape index (κ1) is 25.8. The topological polar surface area (TPSA) is 75.1 Å². The molecule has 3 N–H and O–H groups in total. The molecule has 2 rings (SSSR count). The van der Waals surface area contributed by atoms with Gasteiger partial charge in [0.05, 0.1) is 6.10 Å². The van der Waals surface area contributed by atoms with Gasteiger partial charge in [-0.15, -0.1) is 24.0 Å². The van der Waals surface area contributed by atoms with Crippen molar-refractivity contribution in [1.82, 2.24) is 10.6 Å². The average molecular weight is 527 g/mol. The monoisotopic (exact) mass is 527 g/mol. The van der Waals surface area contributed by atoms with Gasteiger partial charge in [-0.25, -0.2) is 0 Å². The molecule has 1 atom stereocenters. The minimum absolute atomic E-state index is 0. The number of aliphatic hydroxyl groups excluding tert-OH is 1. The largest absolute Gasteiger partial charge is 0.435 e. The van der Waals surface area contributed by atoms with E-state index >= 15 is 0 Å². The van der Waals surface area contributed by atoms with Crippen LogP contribution in [-0.2, 0) is 4.74 Å². The molecule has 0 amide bonds. The second-order valence-electron chi connectivity index (χ2n) is 6.99. The number of guanidine groups is 1. The molecule has 1 saturated carbocycles. The standard InChI is InChI=1S/C20H31F2N3O3.HI/c1-3-23-19(25-14-20(9-10-20)11-12-27-4-2)24-13-17(26)15-5-7-16(8-6-15)28-18(21)22;/h5-8,17-18,26H,3-4,9-14H2,1-2H3,(H2,23,24,25);1H. The highest BCUT2D eigenvalue weighted by atomic mass is 127. The molecule has 6 nitrogen and oxygen atoms in total.